The van der Waals surface area contributed by atoms with Crippen LogP contribution < -0.4 is 15.9 Å². The summed E-state index contributed by atoms with van der Waals surface area (Å²) in [6, 6.07) is 7.62. The fraction of sp³-hybridized carbons (Fsp3) is 0.333. The van der Waals surface area contributed by atoms with Crippen LogP contribution in [0.15, 0.2) is 40.4 Å². The second kappa shape index (κ2) is 8.56. The van der Waals surface area contributed by atoms with Gasteiger partial charge < -0.3 is 4.74 Å². The van der Waals surface area contributed by atoms with Crippen molar-refractivity contribution in [2.45, 2.75) is 26.2 Å². The van der Waals surface area contributed by atoms with E-state index in [-0.39, 0.29) is 5.82 Å². The lowest BCUT2D eigenvalue weighted by Crippen LogP contribution is -2.13. The lowest BCUT2D eigenvalue weighted by atomic mass is 10.2. The number of aromatic nitrogens is 3. The van der Waals surface area contributed by atoms with E-state index < -0.39 is 5.69 Å². The summed E-state index contributed by atoms with van der Waals surface area (Å²) in [7, 11) is 0. The molecule has 0 aliphatic heterocycles. The van der Waals surface area contributed by atoms with Gasteiger partial charge in [-0.3, -0.25) is 5.43 Å². The third-order valence-electron chi connectivity index (χ3n) is 2.86. The van der Waals surface area contributed by atoms with Crippen LogP contribution in [-0.4, -0.2) is 28.0 Å². The minimum absolute atomic E-state index is 0.288. The molecular formula is C15H19N5O2. The largest absolute Gasteiger partial charge is 0.494 e. The number of rotatable bonds is 8. The molecule has 22 heavy (non-hydrogen) atoms. The number of hydrazone groups is 1. The number of hydrogen-bond acceptors (Lipinski definition) is 6. The quantitative estimate of drug-likeness (QED) is 0.443. The Balaban J connectivity index is 1.83. The van der Waals surface area contributed by atoms with Gasteiger partial charge in [0.1, 0.15) is 5.75 Å². The van der Waals surface area contributed by atoms with Gasteiger partial charge in [0.15, 0.2) is 5.82 Å². The molecular weight excluding hydrogens is 282 g/mol. The summed E-state index contributed by atoms with van der Waals surface area (Å²) in [6.07, 6.45) is 6.45. The van der Waals surface area contributed by atoms with E-state index >= 15 is 0 Å². The van der Waals surface area contributed by atoms with Crippen LogP contribution in [0.5, 0.6) is 5.75 Å². The van der Waals surface area contributed by atoms with Crippen molar-refractivity contribution in [3.8, 4) is 5.75 Å². The molecule has 0 fully saturated rings. The number of nitrogens with zero attached hydrogens (tertiary/aromatic N) is 3. The summed E-state index contributed by atoms with van der Waals surface area (Å²) in [5, 5.41) is 9.80. The van der Waals surface area contributed by atoms with Crippen molar-refractivity contribution in [3.63, 3.8) is 0 Å². The van der Waals surface area contributed by atoms with Crippen LogP contribution in [0, 0.1) is 0 Å². The second-order valence-electron chi connectivity index (χ2n) is 4.67. The van der Waals surface area contributed by atoms with E-state index in [1.807, 2.05) is 24.3 Å². The molecule has 7 nitrogen and oxygen atoms in total. The molecule has 0 saturated heterocycles. The number of H-pyrrole nitrogens is 1. The van der Waals surface area contributed by atoms with Gasteiger partial charge >= 0.3 is 5.69 Å². The fourth-order valence-corrected chi connectivity index (χ4v) is 1.73. The number of ether oxygens (including phenoxy) is 1. The molecule has 0 aliphatic rings. The van der Waals surface area contributed by atoms with Crippen molar-refractivity contribution in [1.29, 1.82) is 0 Å². The summed E-state index contributed by atoms with van der Waals surface area (Å²) < 4.78 is 5.63. The Morgan fingerprint density at radius 3 is 2.86 bits per heavy atom. The molecule has 0 unspecified atom stereocenters. The third-order valence-corrected chi connectivity index (χ3v) is 2.86. The SMILES string of the molecule is CCCCCOc1ccc(/C=N/Nc2cn[nH]c(=O)n2)cc1. The zero-order valence-electron chi connectivity index (χ0n) is 12.5. The van der Waals surface area contributed by atoms with Gasteiger partial charge in [-0.05, 0) is 36.2 Å². The van der Waals surface area contributed by atoms with Crippen LogP contribution in [0.4, 0.5) is 5.82 Å². The lowest BCUT2D eigenvalue weighted by Gasteiger charge is -2.05. The first kappa shape index (κ1) is 15.7. The molecule has 7 heteroatoms. The lowest BCUT2D eigenvalue weighted by molar-refractivity contribution is 0.306. The number of hydrogen-bond donors (Lipinski definition) is 2. The first-order chi connectivity index (χ1) is 10.8. The van der Waals surface area contributed by atoms with E-state index in [4.69, 9.17) is 4.74 Å². The molecule has 2 aromatic rings. The van der Waals surface area contributed by atoms with Crippen molar-refractivity contribution < 1.29 is 4.74 Å². The Morgan fingerprint density at radius 2 is 2.14 bits per heavy atom. The average Bonchev–Trinajstić information content (AvgIpc) is 2.53. The highest BCUT2D eigenvalue weighted by molar-refractivity contribution is 5.80. The second-order valence-corrected chi connectivity index (χ2v) is 4.67. The number of benzene rings is 1. The Labute approximate surface area is 128 Å². The van der Waals surface area contributed by atoms with E-state index in [0.29, 0.717) is 0 Å². The summed E-state index contributed by atoms with van der Waals surface area (Å²) in [6.45, 7) is 2.91. The molecule has 0 radical (unpaired) electrons. The maximum Gasteiger partial charge on any atom is 0.363 e. The van der Waals surface area contributed by atoms with E-state index in [1.165, 1.54) is 19.0 Å². The molecule has 1 aromatic heterocycles. The van der Waals surface area contributed by atoms with Crippen LogP contribution in [0.1, 0.15) is 31.7 Å². The van der Waals surface area contributed by atoms with Gasteiger partial charge in [0.05, 0.1) is 19.0 Å². The Hall–Kier alpha value is -2.70. The van der Waals surface area contributed by atoms with Gasteiger partial charge in [-0.25, -0.2) is 9.89 Å². The fourth-order valence-electron chi connectivity index (χ4n) is 1.73. The highest BCUT2D eigenvalue weighted by Crippen LogP contribution is 2.12. The minimum Gasteiger partial charge on any atom is -0.494 e. The number of unbranched alkanes of at least 4 members (excludes halogenated alkanes) is 2. The molecule has 2 N–H and O–H groups in total. The maximum atomic E-state index is 11.0. The van der Waals surface area contributed by atoms with Gasteiger partial charge in [0.2, 0.25) is 0 Å². The normalized spacial score (nSPS) is 10.8. The number of anilines is 1. The minimum atomic E-state index is -0.523. The van der Waals surface area contributed by atoms with Crippen molar-refractivity contribution >= 4 is 12.0 Å². The zero-order chi connectivity index (χ0) is 15.6. The molecule has 1 heterocycles. The molecule has 0 aliphatic carbocycles. The van der Waals surface area contributed by atoms with Crippen LogP contribution in [0.2, 0.25) is 0 Å². The van der Waals surface area contributed by atoms with Gasteiger partial charge in [-0.1, -0.05) is 19.8 Å². The smallest absolute Gasteiger partial charge is 0.363 e. The van der Waals surface area contributed by atoms with E-state index in [9.17, 15) is 4.79 Å². The van der Waals surface area contributed by atoms with E-state index in [1.54, 1.807) is 6.21 Å². The van der Waals surface area contributed by atoms with Gasteiger partial charge in [0, 0.05) is 0 Å². The van der Waals surface area contributed by atoms with E-state index in [2.05, 4.69) is 32.6 Å². The molecule has 0 saturated carbocycles. The first-order valence-corrected chi connectivity index (χ1v) is 7.21. The van der Waals surface area contributed by atoms with Crippen LogP contribution in [-0.2, 0) is 0 Å². The van der Waals surface area contributed by atoms with Gasteiger partial charge in [-0.15, -0.1) is 0 Å². The molecule has 116 valence electrons. The number of nitrogens with one attached hydrogen (secondary N) is 2. The van der Waals surface area contributed by atoms with Crippen LogP contribution in [0.25, 0.3) is 0 Å². The average molecular weight is 301 g/mol. The predicted molar refractivity (Wildman–Crippen MR) is 85.3 cm³/mol. The topological polar surface area (TPSA) is 92.3 Å². The Kier molecular flexibility index (Phi) is 6.10. The zero-order valence-corrected chi connectivity index (χ0v) is 12.5. The summed E-state index contributed by atoms with van der Waals surface area (Å²) in [5.74, 6) is 1.14. The molecule has 0 bridgehead atoms. The van der Waals surface area contributed by atoms with Crippen LogP contribution in [0.3, 0.4) is 0 Å². The molecule has 0 atom stereocenters. The summed E-state index contributed by atoms with van der Waals surface area (Å²) >= 11 is 0. The maximum absolute atomic E-state index is 11.0. The molecule has 0 amide bonds. The predicted octanol–water partition coefficient (Wildman–Crippen LogP) is 2.18. The van der Waals surface area contributed by atoms with Crippen molar-refractivity contribution in [2.75, 3.05) is 12.0 Å². The monoisotopic (exact) mass is 301 g/mol. The standard InChI is InChI=1S/C15H19N5O2/c1-2-3-4-9-22-13-7-5-12(6-8-13)10-16-19-14-11-17-20-15(21)18-14/h5-8,10-11H,2-4,9H2,1H3,(H2,18,19,20,21)/b16-10+. The Morgan fingerprint density at radius 1 is 1.32 bits per heavy atom. The number of aromatic amines is 1. The highest BCUT2D eigenvalue weighted by atomic mass is 16.5. The third kappa shape index (κ3) is 5.35. The van der Waals surface area contributed by atoms with Crippen molar-refractivity contribution in [2.24, 2.45) is 5.10 Å². The van der Waals surface area contributed by atoms with Gasteiger partial charge in [0.25, 0.3) is 0 Å². The summed E-state index contributed by atoms with van der Waals surface area (Å²) in [5.41, 5.74) is 3.03. The molecule has 2 rings (SSSR count). The van der Waals surface area contributed by atoms with Crippen LogP contribution >= 0.6 is 0 Å². The first-order valence-electron chi connectivity index (χ1n) is 7.21. The van der Waals surface area contributed by atoms with Crippen molar-refractivity contribution in [3.05, 3.63) is 46.5 Å². The molecule has 0 spiro atoms. The van der Waals surface area contributed by atoms with Gasteiger partial charge in [-0.2, -0.15) is 15.2 Å². The van der Waals surface area contributed by atoms with Crippen molar-refractivity contribution in [1.82, 2.24) is 15.2 Å². The van der Waals surface area contributed by atoms with E-state index in [0.717, 1.165) is 24.3 Å². The summed E-state index contributed by atoms with van der Waals surface area (Å²) in [4.78, 5) is 14.6. The highest BCUT2D eigenvalue weighted by Gasteiger charge is 1.95. The molecule has 1 aromatic carbocycles. The Bertz CT molecular complexity index is 651.